The second-order valence-electron chi connectivity index (χ2n) is 4.49. The average molecular weight is 303 g/mol. The van der Waals surface area contributed by atoms with Crippen LogP contribution in [0.5, 0.6) is 5.75 Å². The van der Waals surface area contributed by atoms with Gasteiger partial charge in [0.25, 0.3) is 0 Å². The molecule has 5 heteroatoms. The van der Waals surface area contributed by atoms with Crippen LogP contribution in [0.15, 0.2) is 52.9 Å². The third kappa shape index (κ3) is 2.85. The van der Waals surface area contributed by atoms with E-state index in [2.05, 4.69) is 0 Å². The smallest absolute Gasteiger partial charge is 0.335 e. The first-order valence-electron chi connectivity index (χ1n) is 6.26. The molecule has 0 radical (unpaired) electrons. The number of carboxylic acid groups (broad SMARTS) is 1. The number of benzene rings is 2. The number of fused-ring (bicyclic) bond motifs is 1. The van der Waals surface area contributed by atoms with Gasteiger partial charge >= 0.3 is 5.97 Å². The number of halogens is 1. The molecule has 0 aliphatic carbocycles. The third-order valence-electron chi connectivity index (χ3n) is 3.02. The lowest BCUT2D eigenvalue weighted by Crippen LogP contribution is -1.94. The number of aromatic carboxylic acids is 1. The number of rotatable bonds is 4. The van der Waals surface area contributed by atoms with Gasteiger partial charge in [-0.2, -0.15) is 0 Å². The summed E-state index contributed by atoms with van der Waals surface area (Å²) in [6, 6.07) is 13.7. The quantitative estimate of drug-likeness (QED) is 0.777. The molecule has 0 atom stereocenters. The first-order chi connectivity index (χ1) is 10.1. The molecule has 1 aromatic heterocycles. The SMILES string of the molecule is O=C(O)c1ccc2cc(COc3ccccc3Cl)oc2c1. The van der Waals surface area contributed by atoms with Crippen LogP contribution in [0.25, 0.3) is 11.0 Å². The maximum Gasteiger partial charge on any atom is 0.335 e. The Kier molecular flexibility index (Phi) is 3.54. The highest BCUT2D eigenvalue weighted by Crippen LogP contribution is 2.26. The lowest BCUT2D eigenvalue weighted by molar-refractivity contribution is 0.0697. The van der Waals surface area contributed by atoms with Crippen LogP contribution >= 0.6 is 11.6 Å². The van der Waals surface area contributed by atoms with Crippen molar-refractivity contribution >= 4 is 28.5 Å². The lowest BCUT2D eigenvalue weighted by Gasteiger charge is -2.05. The van der Waals surface area contributed by atoms with Gasteiger partial charge in [0, 0.05) is 5.39 Å². The van der Waals surface area contributed by atoms with E-state index in [4.69, 9.17) is 25.9 Å². The summed E-state index contributed by atoms with van der Waals surface area (Å²) in [7, 11) is 0. The van der Waals surface area contributed by atoms with Crippen LogP contribution < -0.4 is 4.74 Å². The van der Waals surface area contributed by atoms with Crippen LogP contribution in [-0.2, 0) is 6.61 Å². The fraction of sp³-hybridized carbons (Fsp3) is 0.0625. The largest absolute Gasteiger partial charge is 0.484 e. The van der Waals surface area contributed by atoms with Crippen molar-refractivity contribution in [3.8, 4) is 5.75 Å². The van der Waals surface area contributed by atoms with Crippen LogP contribution in [0.2, 0.25) is 5.02 Å². The van der Waals surface area contributed by atoms with Crippen molar-refractivity contribution in [3.63, 3.8) is 0 Å². The van der Waals surface area contributed by atoms with Gasteiger partial charge in [-0.15, -0.1) is 0 Å². The highest BCUT2D eigenvalue weighted by Gasteiger charge is 2.09. The Hall–Kier alpha value is -2.46. The normalized spacial score (nSPS) is 10.7. The van der Waals surface area contributed by atoms with Crippen molar-refractivity contribution in [1.82, 2.24) is 0 Å². The van der Waals surface area contributed by atoms with Crippen LogP contribution in [0.1, 0.15) is 16.1 Å². The predicted octanol–water partition coefficient (Wildman–Crippen LogP) is 4.36. The third-order valence-corrected chi connectivity index (χ3v) is 3.34. The molecule has 0 unspecified atom stereocenters. The minimum Gasteiger partial charge on any atom is -0.484 e. The molecule has 0 aliphatic rings. The van der Waals surface area contributed by atoms with Crippen LogP contribution in [-0.4, -0.2) is 11.1 Å². The molecule has 2 aromatic carbocycles. The Labute approximate surface area is 125 Å². The number of para-hydroxylation sites is 1. The molecule has 0 spiro atoms. The summed E-state index contributed by atoms with van der Waals surface area (Å²) in [5.74, 6) is 0.195. The second-order valence-corrected chi connectivity index (χ2v) is 4.90. The van der Waals surface area contributed by atoms with Crippen molar-refractivity contribution in [2.45, 2.75) is 6.61 Å². The Morgan fingerprint density at radius 1 is 1.19 bits per heavy atom. The first kappa shape index (κ1) is 13.5. The van der Waals surface area contributed by atoms with Gasteiger partial charge in [-0.3, -0.25) is 0 Å². The lowest BCUT2D eigenvalue weighted by atomic mass is 10.2. The molecular weight excluding hydrogens is 292 g/mol. The number of hydrogen-bond donors (Lipinski definition) is 1. The summed E-state index contributed by atoms with van der Waals surface area (Å²) >= 11 is 6.00. The Morgan fingerprint density at radius 2 is 2.00 bits per heavy atom. The van der Waals surface area contributed by atoms with Crippen LogP contribution in [0.3, 0.4) is 0 Å². The van der Waals surface area contributed by atoms with Gasteiger partial charge in [0.2, 0.25) is 0 Å². The van der Waals surface area contributed by atoms with Gasteiger partial charge in [-0.25, -0.2) is 4.79 Å². The molecule has 3 rings (SSSR count). The Morgan fingerprint density at radius 3 is 2.76 bits per heavy atom. The molecular formula is C16H11ClO4. The zero-order valence-corrected chi connectivity index (χ0v) is 11.6. The van der Waals surface area contributed by atoms with E-state index in [9.17, 15) is 4.79 Å². The molecule has 106 valence electrons. The van der Waals surface area contributed by atoms with Gasteiger partial charge in [0.05, 0.1) is 10.6 Å². The molecule has 0 amide bonds. The predicted molar refractivity (Wildman–Crippen MR) is 79.0 cm³/mol. The first-order valence-corrected chi connectivity index (χ1v) is 6.64. The van der Waals surface area contributed by atoms with Crippen molar-refractivity contribution < 1.29 is 19.1 Å². The molecule has 21 heavy (non-hydrogen) atoms. The van der Waals surface area contributed by atoms with Crippen LogP contribution in [0.4, 0.5) is 0 Å². The zero-order valence-electron chi connectivity index (χ0n) is 10.9. The summed E-state index contributed by atoms with van der Waals surface area (Å²) in [5.41, 5.74) is 0.711. The van der Waals surface area contributed by atoms with E-state index in [1.807, 2.05) is 18.2 Å². The number of carboxylic acids is 1. The van der Waals surface area contributed by atoms with E-state index in [1.54, 1.807) is 24.3 Å². The van der Waals surface area contributed by atoms with E-state index < -0.39 is 5.97 Å². The molecule has 1 N–H and O–H groups in total. The summed E-state index contributed by atoms with van der Waals surface area (Å²) in [6.07, 6.45) is 0. The molecule has 4 nitrogen and oxygen atoms in total. The summed E-state index contributed by atoms with van der Waals surface area (Å²) in [5, 5.41) is 10.3. The molecule has 3 aromatic rings. The van der Waals surface area contributed by atoms with Gasteiger partial charge in [-0.05, 0) is 30.3 Å². The van der Waals surface area contributed by atoms with Crippen molar-refractivity contribution in [2.24, 2.45) is 0 Å². The standard InChI is InChI=1S/C16H11ClO4/c17-13-3-1-2-4-14(13)20-9-12-7-10-5-6-11(16(18)19)8-15(10)21-12/h1-8H,9H2,(H,18,19). The Bertz CT molecular complexity index is 807. The number of carbonyl (C=O) groups is 1. The molecule has 0 aliphatic heterocycles. The molecule has 0 saturated heterocycles. The van der Waals surface area contributed by atoms with Gasteiger partial charge in [0.15, 0.2) is 0 Å². The van der Waals surface area contributed by atoms with Crippen molar-refractivity contribution in [3.05, 3.63) is 64.9 Å². The monoisotopic (exact) mass is 302 g/mol. The second kappa shape index (κ2) is 5.50. The van der Waals surface area contributed by atoms with E-state index in [1.165, 1.54) is 6.07 Å². The number of ether oxygens (including phenoxy) is 1. The number of hydrogen-bond acceptors (Lipinski definition) is 3. The van der Waals surface area contributed by atoms with Crippen LogP contribution in [0, 0.1) is 0 Å². The Balaban J connectivity index is 1.82. The van der Waals surface area contributed by atoms with Crippen molar-refractivity contribution in [2.75, 3.05) is 0 Å². The van der Waals surface area contributed by atoms with Crippen molar-refractivity contribution in [1.29, 1.82) is 0 Å². The fourth-order valence-electron chi connectivity index (χ4n) is 2.00. The van der Waals surface area contributed by atoms with Gasteiger partial charge in [0.1, 0.15) is 23.7 Å². The minimum atomic E-state index is -0.984. The van der Waals surface area contributed by atoms with E-state index in [0.29, 0.717) is 22.1 Å². The van der Waals surface area contributed by atoms with Gasteiger partial charge in [-0.1, -0.05) is 29.8 Å². The molecule has 0 bridgehead atoms. The zero-order chi connectivity index (χ0) is 14.8. The van der Waals surface area contributed by atoms with Gasteiger partial charge < -0.3 is 14.3 Å². The topological polar surface area (TPSA) is 59.7 Å². The fourth-order valence-corrected chi connectivity index (χ4v) is 2.19. The molecule has 1 heterocycles. The minimum absolute atomic E-state index is 0.190. The summed E-state index contributed by atoms with van der Waals surface area (Å²) in [6.45, 7) is 0.223. The maximum atomic E-state index is 10.9. The molecule has 0 saturated carbocycles. The average Bonchev–Trinajstić information content (AvgIpc) is 2.88. The summed E-state index contributed by atoms with van der Waals surface area (Å²) < 4.78 is 11.2. The highest BCUT2D eigenvalue weighted by molar-refractivity contribution is 6.32. The summed E-state index contributed by atoms with van der Waals surface area (Å²) in [4.78, 5) is 10.9. The number of furan rings is 1. The van der Waals surface area contributed by atoms with E-state index >= 15 is 0 Å². The molecule has 0 fully saturated rings. The van der Waals surface area contributed by atoms with E-state index in [-0.39, 0.29) is 12.2 Å². The maximum absolute atomic E-state index is 10.9. The van der Waals surface area contributed by atoms with E-state index in [0.717, 1.165) is 5.39 Å². The highest BCUT2D eigenvalue weighted by atomic mass is 35.5.